The van der Waals surface area contributed by atoms with Gasteiger partial charge in [0, 0.05) is 12.2 Å². The lowest BCUT2D eigenvalue weighted by atomic mass is 10.2. The van der Waals surface area contributed by atoms with Gasteiger partial charge in [-0.15, -0.1) is 0 Å². The molecule has 3 heteroatoms. The molecule has 0 heterocycles. The lowest BCUT2D eigenvalue weighted by Crippen LogP contribution is -2.02. The quantitative estimate of drug-likeness (QED) is 0.643. The van der Waals surface area contributed by atoms with Gasteiger partial charge in [0.15, 0.2) is 5.12 Å². The van der Waals surface area contributed by atoms with E-state index in [2.05, 4.69) is 0 Å². The van der Waals surface area contributed by atoms with E-state index >= 15 is 0 Å². The third-order valence-corrected chi connectivity index (χ3v) is 2.64. The van der Waals surface area contributed by atoms with Crippen molar-refractivity contribution < 1.29 is 9.18 Å². The van der Waals surface area contributed by atoms with Crippen LogP contribution in [0.1, 0.15) is 39.5 Å². The fourth-order valence-corrected chi connectivity index (χ4v) is 1.67. The summed E-state index contributed by atoms with van der Waals surface area (Å²) in [5, 5.41) is 0.165. The van der Waals surface area contributed by atoms with Crippen LogP contribution in [-0.2, 0) is 4.79 Å². The second-order valence-corrected chi connectivity index (χ2v) is 3.90. The van der Waals surface area contributed by atoms with Crippen molar-refractivity contribution in [1.82, 2.24) is 0 Å². The highest BCUT2D eigenvalue weighted by Crippen LogP contribution is 2.12. The van der Waals surface area contributed by atoms with E-state index in [0.29, 0.717) is 25.0 Å². The van der Waals surface area contributed by atoms with Crippen molar-refractivity contribution in [3.05, 3.63) is 0 Å². The van der Waals surface area contributed by atoms with Crippen molar-refractivity contribution in [2.45, 2.75) is 45.7 Å². The lowest BCUT2D eigenvalue weighted by molar-refractivity contribution is -0.110. The molecule has 0 spiro atoms. The Kier molecular flexibility index (Phi) is 7.56. The van der Waals surface area contributed by atoms with Crippen molar-refractivity contribution in [3.63, 3.8) is 0 Å². The molecular formula is C9H17FOS. The van der Waals surface area contributed by atoms with Gasteiger partial charge in [-0.1, -0.05) is 32.0 Å². The maximum Gasteiger partial charge on any atom is 0.188 e. The van der Waals surface area contributed by atoms with E-state index in [-0.39, 0.29) is 5.12 Å². The van der Waals surface area contributed by atoms with E-state index in [4.69, 9.17) is 0 Å². The molecule has 0 aliphatic carbocycles. The Morgan fingerprint density at radius 1 is 1.42 bits per heavy atom. The molecule has 0 aromatic rings. The van der Waals surface area contributed by atoms with E-state index in [1.54, 1.807) is 0 Å². The first-order valence-electron chi connectivity index (χ1n) is 4.50. The lowest BCUT2D eigenvalue weighted by Gasteiger charge is -2.04. The standard InChI is InChI=1S/C9H17FOS/c1-3-5-8(10)6-7-12-9(11)4-2/h8H,3-7H2,1-2H3. The summed E-state index contributed by atoms with van der Waals surface area (Å²) in [6, 6.07) is 0. The summed E-state index contributed by atoms with van der Waals surface area (Å²) in [6.07, 6.45) is 1.86. The summed E-state index contributed by atoms with van der Waals surface area (Å²) in [4.78, 5) is 10.8. The molecule has 0 radical (unpaired) electrons. The molecule has 1 atom stereocenters. The molecule has 12 heavy (non-hydrogen) atoms. The molecule has 1 nitrogen and oxygen atoms in total. The Morgan fingerprint density at radius 2 is 2.08 bits per heavy atom. The molecule has 0 aliphatic heterocycles. The van der Waals surface area contributed by atoms with Crippen LogP contribution in [0.2, 0.25) is 0 Å². The summed E-state index contributed by atoms with van der Waals surface area (Å²) in [5.74, 6) is 0.633. The van der Waals surface area contributed by atoms with Crippen molar-refractivity contribution in [1.29, 1.82) is 0 Å². The molecular weight excluding hydrogens is 175 g/mol. The predicted octanol–water partition coefficient (Wildman–Crippen LogP) is 3.18. The first kappa shape index (κ1) is 11.9. The number of hydrogen-bond donors (Lipinski definition) is 0. The Labute approximate surface area is 78.1 Å². The van der Waals surface area contributed by atoms with Crippen LogP contribution in [0.5, 0.6) is 0 Å². The second-order valence-electron chi connectivity index (χ2n) is 2.75. The maximum atomic E-state index is 12.8. The molecule has 1 unspecified atom stereocenters. The van der Waals surface area contributed by atoms with Crippen LogP contribution in [-0.4, -0.2) is 17.0 Å². The monoisotopic (exact) mass is 192 g/mol. The zero-order chi connectivity index (χ0) is 9.40. The van der Waals surface area contributed by atoms with E-state index < -0.39 is 6.17 Å². The number of halogens is 1. The summed E-state index contributed by atoms with van der Waals surface area (Å²) >= 11 is 1.25. The highest BCUT2D eigenvalue weighted by atomic mass is 32.2. The molecule has 0 rings (SSSR count). The van der Waals surface area contributed by atoms with Crippen molar-refractivity contribution >= 4 is 16.9 Å². The average Bonchev–Trinajstić information content (AvgIpc) is 2.04. The van der Waals surface area contributed by atoms with Crippen molar-refractivity contribution in [2.75, 3.05) is 5.75 Å². The first-order valence-corrected chi connectivity index (χ1v) is 5.49. The van der Waals surface area contributed by atoms with Crippen LogP contribution in [0.3, 0.4) is 0 Å². The summed E-state index contributed by atoms with van der Waals surface area (Å²) in [6.45, 7) is 3.80. The predicted molar refractivity (Wildman–Crippen MR) is 52.2 cm³/mol. The number of carbonyl (C=O) groups excluding carboxylic acids is 1. The van der Waals surface area contributed by atoms with Gasteiger partial charge in [-0.2, -0.15) is 0 Å². The Morgan fingerprint density at radius 3 is 2.58 bits per heavy atom. The van der Waals surface area contributed by atoms with Gasteiger partial charge >= 0.3 is 0 Å². The number of carbonyl (C=O) groups is 1. The van der Waals surface area contributed by atoms with Gasteiger partial charge in [0.25, 0.3) is 0 Å². The SMILES string of the molecule is CCCC(F)CCSC(=O)CC. The fourth-order valence-electron chi connectivity index (χ4n) is 0.860. The zero-order valence-corrected chi connectivity index (χ0v) is 8.62. The van der Waals surface area contributed by atoms with Crippen LogP contribution >= 0.6 is 11.8 Å². The number of alkyl halides is 1. The first-order chi connectivity index (χ1) is 5.70. The largest absolute Gasteiger partial charge is 0.287 e. The molecule has 72 valence electrons. The second kappa shape index (κ2) is 7.59. The molecule has 0 N–H and O–H groups in total. The molecule has 0 aliphatic rings. The van der Waals surface area contributed by atoms with Crippen LogP contribution in [0.4, 0.5) is 4.39 Å². The van der Waals surface area contributed by atoms with Crippen molar-refractivity contribution in [3.8, 4) is 0 Å². The van der Waals surface area contributed by atoms with E-state index in [9.17, 15) is 9.18 Å². The van der Waals surface area contributed by atoms with Gasteiger partial charge in [0.1, 0.15) is 6.17 Å². The third kappa shape index (κ3) is 6.65. The summed E-state index contributed by atoms with van der Waals surface area (Å²) in [5.41, 5.74) is 0. The number of rotatable bonds is 6. The van der Waals surface area contributed by atoms with Gasteiger partial charge < -0.3 is 0 Å². The molecule has 0 saturated heterocycles. The third-order valence-electron chi connectivity index (χ3n) is 1.58. The average molecular weight is 192 g/mol. The number of thioether (sulfide) groups is 1. The topological polar surface area (TPSA) is 17.1 Å². The van der Waals surface area contributed by atoms with Crippen LogP contribution in [0.15, 0.2) is 0 Å². The minimum atomic E-state index is -0.716. The molecule has 0 bridgehead atoms. The molecule has 0 aromatic carbocycles. The van der Waals surface area contributed by atoms with Crippen LogP contribution in [0, 0.1) is 0 Å². The van der Waals surface area contributed by atoms with E-state index in [1.165, 1.54) is 11.8 Å². The van der Waals surface area contributed by atoms with Crippen LogP contribution in [0.25, 0.3) is 0 Å². The Bertz CT molecular complexity index is 128. The normalized spacial score (nSPS) is 12.9. The van der Waals surface area contributed by atoms with Gasteiger partial charge in [-0.25, -0.2) is 4.39 Å². The maximum absolute atomic E-state index is 12.8. The highest BCUT2D eigenvalue weighted by molar-refractivity contribution is 8.13. The van der Waals surface area contributed by atoms with Crippen LogP contribution < -0.4 is 0 Å². The van der Waals surface area contributed by atoms with Gasteiger partial charge in [0.05, 0.1) is 0 Å². The minimum Gasteiger partial charge on any atom is -0.287 e. The molecule has 0 saturated carbocycles. The van der Waals surface area contributed by atoms with Crippen molar-refractivity contribution in [2.24, 2.45) is 0 Å². The fraction of sp³-hybridized carbons (Fsp3) is 0.889. The molecule has 0 fully saturated rings. The zero-order valence-electron chi connectivity index (χ0n) is 7.81. The van der Waals surface area contributed by atoms with Gasteiger partial charge in [-0.3, -0.25) is 4.79 Å². The molecule has 0 amide bonds. The summed E-state index contributed by atoms with van der Waals surface area (Å²) in [7, 11) is 0. The van der Waals surface area contributed by atoms with Gasteiger partial charge in [0.2, 0.25) is 0 Å². The molecule has 0 aromatic heterocycles. The smallest absolute Gasteiger partial charge is 0.188 e. The van der Waals surface area contributed by atoms with E-state index in [0.717, 1.165) is 6.42 Å². The van der Waals surface area contributed by atoms with E-state index in [1.807, 2.05) is 13.8 Å². The highest BCUT2D eigenvalue weighted by Gasteiger charge is 2.06. The van der Waals surface area contributed by atoms with Gasteiger partial charge in [-0.05, 0) is 12.8 Å². The summed E-state index contributed by atoms with van der Waals surface area (Å²) < 4.78 is 12.8. The Balaban J connectivity index is 3.24. The minimum absolute atomic E-state index is 0.165. The number of hydrogen-bond acceptors (Lipinski definition) is 2. The Hall–Kier alpha value is -0.0500.